The van der Waals surface area contributed by atoms with E-state index < -0.39 is 34.9 Å². The molecule has 10 heteroatoms. The molecule has 1 aromatic heterocycles. The van der Waals surface area contributed by atoms with Gasteiger partial charge in [-0.15, -0.1) is 11.3 Å². The van der Waals surface area contributed by atoms with E-state index in [1.54, 1.807) is 23.6 Å². The SMILES string of the molecule is C/C(=C\c1c(F)cc(C(=O)Nc2nc(-c3cccc(COCC(C)C)c3F)cs2)cc1F)C(=O)O. The fraction of sp³-hybridized carbons (Fsp3) is 0.240. The van der Waals surface area contributed by atoms with E-state index in [1.807, 2.05) is 13.8 Å². The number of nitrogens with zero attached hydrogens (tertiary/aromatic N) is 1. The van der Waals surface area contributed by atoms with Crippen molar-refractivity contribution in [2.75, 3.05) is 11.9 Å². The Labute approximate surface area is 204 Å². The first-order chi connectivity index (χ1) is 16.6. The number of nitrogens with one attached hydrogen (secondary N) is 1. The van der Waals surface area contributed by atoms with Gasteiger partial charge in [-0.05, 0) is 37.1 Å². The highest BCUT2D eigenvalue weighted by Gasteiger charge is 2.18. The first kappa shape index (κ1) is 26.1. The third-order valence-electron chi connectivity index (χ3n) is 4.83. The van der Waals surface area contributed by atoms with Gasteiger partial charge in [0.2, 0.25) is 0 Å². The molecule has 0 aliphatic carbocycles. The number of anilines is 1. The van der Waals surface area contributed by atoms with E-state index >= 15 is 0 Å². The van der Waals surface area contributed by atoms with Gasteiger partial charge in [-0.1, -0.05) is 26.0 Å². The number of carboxylic acids is 1. The number of carbonyl (C=O) groups is 2. The predicted octanol–water partition coefficient (Wildman–Crippen LogP) is 6.14. The number of ether oxygens (including phenoxy) is 1. The van der Waals surface area contributed by atoms with Crippen molar-refractivity contribution in [3.63, 3.8) is 0 Å². The summed E-state index contributed by atoms with van der Waals surface area (Å²) >= 11 is 1.02. The van der Waals surface area contributed by atoms with E-state index in [9.17, 15) is 22.8 Å². The van der Waals surface area contributed by atoms with Crippen LogP contribution in [0, 0.1) is 23.4 Å². The van der Waals surface area contributed by atoms with Crippen LogP contribution >= 0.6 is 11.3 Å². The van der Waals surface area contributed by atoms with Crippen LogP contribution in [0.5, 0.6) is 0 Å². The Morgan fingerprint density at radius 2 is 1.89 bits per heavy atom. The number of benzene rings is 2. The molecule has 3 rings (SSSR count). The van der Waals surface area contributed by atoms with Gasteiger partial charge >= 0.3 is 5.97 Å². The Morgan fingerprint density at radius 1 is 1.20 bits per heavy atom. The Bertz CT molecular complexity index is 1260. The smallest absolute Gasteiger partial charge is 0.331 e. The maximum Gasteiger partial charge on any atom is 0.331 e. The van der Waals surface area contributed by atoms with Crippen molar-refractivity contribution in [2.45, 2.75) is 27.4 Å². The zero-order chi connectivity index (χ0) is 25.7. The van der Waals surface area contributed by atoms with Crippen LogP contribution in [0.25, 0.3) is 17.3 Å². The number of hydrogen-bond acceptors (Lipinski definition) is 5. The minimum absolute atomic E-state index is 0.109. The molecule has 1 amide bonds. The number of thiazole rings is 1. The summed E-state index contributed by atoms with van der Waals surface area (Å²) in [6.07, 6.45) is 0.846. The van der Waals surface area contributed by atoms with Crippen molar-refractivity contribution < 1.29 is 32.6 Å². The molecule has 0 spiro atoms. The summed E-state index contributed by atoms with van der Waals surface area (Å²) in [6.45, 7) is 5.78. The number of aliphatic carboxylic acids is 1. The quantitative estimate of drug-likeness (QED) is 0.342. The lowest BCUT2D eigenvalue weighted by molar-refractivity contribution is -0.132. The lowest BCUT2D eigenvalue weighted by Crippen LogP contribution is -2.13. The van der Waals surface area contributed by atoms with Gasteiger partial charge in [0.15, 0.2) is 5.13 Å². The van der Waals surface area contributed by atoms with Gasteiger partial charge in [-0.2, -0.15) is 0 Å². The number of carboxylic acid groups (broad SMARTS) is 1. The van der Waals surface area contributed by atoms with E-state index in [0.29, 0.717) is 18.1 Å². The molecule has 0 bridgehead atoms. The average molecular weight is 505 g/mol. The largest absolute Gasteiger partial charge is 0.478 e. The normalized spacial score (nSPS) is 11.7. The van der Waals surface area contributed by atoms with Crippen LogP contribution in [0.2, 0.25) is 0 Å². The van der Waals surface area contributed by atoms with Gasteiger partial charge in [0, 0.05) is 39.8 Å². The lowest BCUT2D eigenvalue weighted by atomic mass is 10.1. The van der Waals surface area contributed by atoms with Crippen LogP contribution in [0.1, 0.15) is 42.3 Å². The molecular weight excluding hydrogens is 481 g/mol. The summed E-state index contributed by atoms with van der Waals surface area (Å²) in [5, 5.41) is 13.0. The van der Waals surface area contributed by atoms with Crippen LogP contribution in [-0.4, -0.2) is 28.6 Å². The summed E-state index contributed by atoms with van der Waals surface area (Å²) in [5.74, 6) is -4.50. The van der Waals surface area contributed by atoms with Crippen molar-refractivity contribution in [1.82, 2.24) is 4.98 Å². The summed E-state index contributed by atoms with van der Waals surface area (Å²) in [5.41, 5.74) is -0.258. The number of amides is 1. The Balaban J connectivity index is 1.77. The highest BCUT2D eigenvalue weighted by Crippen LogP contribution is 2.29. The number of hydrogen-bond donors (Lipinski definition) is 2. The maximum absolute atomic E-state index is 15.0. The summed E-state index contributed by atoms with van der Waals surface area (Å²) < 4.78 is 49.2. The second kappa shape index (κ2) is 11.3. The molecule has 1 heterocycles. The number of rotatable bonds is 9. The van der Waals surface area contributed by atoms with E-state index in [0.717, 1.165) is 29.5 Å². The molecule has 0 unspecified atom stereocenters. The van der Waals surface area contributed by atoms with Gasteiger partial charge in [-0.25, -0.2) is 22.9 Å². The topological polar surface area (TPSA) is 88.5 Å². The summed E-state index contributed by atoms with van der Waals surface area (Å²) in [4.78, 5) is 27.7. The van der Waals surface area contributed by atoms with E-state index in [4.69, 9.17) is 9.84 Å². The monoisotopic (exact) mass is 504 g/mol. The molecule has 0 fully saturated rings. The van der Waals surface area contributed by atoms with Crippen molar-refractivity contribution >= 4 is 34.4 Å². The Hall–Kier alpha value is -3.50. The van der Waals surface area contributed by atoms with Crippen LogP contribution in [0.4, 0.5) is 18.3 Å². The highest BCUT2D eigenvalue weighted by molar-refractivity contribution is 7.14. The second-order valence-corrected chi connectivity index (χ2v) is 9.02. The molecule has 0 radical (unpaired) electrons. The molecule has 0 aliphatic rings. The van der Waals surface area contributed by atoms with E-state index in [-0.39, 0.29) is 34.1 Å². The molecule has 2 N–H and O–H groups in total. The maximum atomic E-state index is 15.0. The number of aromatic nitrogens is 1. The number of carbonyl (C=O) groups excluding carboxylic acids is 1. The predicted molar refractivity (Wildman–Crippen MR) is 128 cm³/mol. The highest BCUT2D eigenvalue weighted by atomic mass is 32.1. The molecule has 0 saturated heterocycles. The first-order valence-corrected chi connectivity index (χ1v) is 11.5. The molecule has 184 valence electrons. The zero-order valence-electron chi connectivity index (χ0n) is 19.2. The molecule has 0 atom stereocenters. The fourth-order valence-corrected chi connectivity index (χ4v) is 3.75. The molecule has 0 saturated carbocycles. The minimum Gasteiger partial charge on any atom is -0.478 e. The van der Waals surface area contributed by atoms with E-state index in [1.165, 1.54) is 6.92 Å². The minimum atomic E-state index is -1.32. The summed E-state index contributed by atoms with van der Waals surface area (Å²) in [7, 11) is 0. The molecule has 2 aromatic carbocycles. The van der Waals surface area contributed by atoms with Crippen molar-refractivity contribution in [2.24, 2.45) is 5.92 Å². The molecule has 0 aliphatic heterocycles. The molecule has 3 aromatic rings. The molecule has 35 heavy (non-hydrogen) atoms. The first-order valence-electron chi connectivity index (χ1n) is 10.6. The van der Waals surface area contributed by atoms with Gasteiger partial charge in [0.05, 0.1) is 12.3 Å². The fourth-order valence-electron chi connectivity index (χ4n) is 3.05. The third kappa shape index (κ3) is 6.55. The van der Waals surface area contributed by atoms with Crippen LogP contribution in [0.3, 0.4) is 0 Å². The average Bonchev–Trinajstić information content (AvgIpc) is 3.24. The molecule has 6 nitrogen and oxygen atoms in total. The van der Waals surface area contributed by atoms with Gasteiger partial charge in [-0.3, -0.25) is 10.1 Å². The van der Waals surface area contributed by atoms with E-state index in [2.05, 4.69) is 10.3 Å². The van der Waals surface area contributed by atoms with Gasteiger partial charge in [0.25, 0.3) is 5.91 Å². The van der Waals surface area contributed by atoms with Crippen molar-refractivity contribution in [1.29, 1.82) is 0 Å². The number of halogens is 3. The van der Waals surface area contributed by atoms with Crippen molar-refractivity contribution in [3.05, 3.63) is 75.4 Å². The van der Waals surface area contributed by atoms with Crippen molar-refractivity contribution in [3.8, 4) is 11.3 Å². The third-order valence-corrected chi connectivity index (χ3v) is 5.59. The zero-order valence-corrected chi connectivity index (χ0v) is 20.0. The van der Waals surface area contributed by atoms with Gasteiger partial charge < -0.3 is 9.84 Å². The van der Waals surface area contributed by atoms with Crippen LogP contribution in [0.15, 0.2) is 41.3 Å². The Kier molecular flexibility index (Phi) is 8.42. The Morgan fingerprint density at radius 3 is 2.51 bits per heavy atom. The lowest BCUT2D eigenvalue weighted by Gasteiger charge is -2.09. The van der Waals surface area contributed by atoms with Crippen LogP contribution < -0.4 is 5.32 Å². The van der Waals surface area contributed by atoms with Crippen LogP contribution in [-0.2, 0) is 16.1 Å². The standard InChI is InChI=1S/C25H23F3N2O4S/c1-13(2)10-34-11-15-5-4-6-17(22(15)28)21-12-35-25(29-21)30-23(31)16-8-19(26)18(20(27)9-16)7-14(3)24(32)33/h4-9,12-13H,10-11H2,1-3H3,(H,32,33)(H,29,30,31)/b14-7+. The van der Waals surface area contributed by atoms with Gasteiger partial charge in [0.1, 0.15) is 17.5 Å². The molecular formula is C25H23F3N2O4S. The second-order valence-electron chi connectivity index (χ2n) is 8.17. The summed E-state index contributed by atoms with van der Waals surface area (Å²) in [6, 6.07) is 6.45.